The molecule has 0 radical (unpaired) electrons. The van der Waals surface area contributed by atoms with Gasteiger partial charge in [-0.1, -0.05) is 84.9 Å². The summed E-state index contributed by atoms with van der Waals surface area (Å²) in [5.74, 6) is 0. The largest absolute Gasteiger partial charge is 0.277 e. The van der Waals surface area contributed by atoms with Crippen LogP contribution in [0.5, 0.6) is 0 Å². The van der Waals surface area contributed by atoms with Gasteiger partial charge in [0.2, 0.25) is 0 Å². The molecule has 0 aliphatic carbocycles. The Bertz CT molecular complexity index is 754. The van der Waals surface area contributed by atoms with E-state index in [9.17, 15) is 0 Å². The molecule has 3 aromatic rings. The molecule has 1 aliphatic rings. The Morgan fingerprint density at radius 2 is 0.957 bits per heavy atom. The van der Waals surface area contributed by atoms with Crippen molar-refractivity contribution >= 4 is 0 Å². The lowest BCUT2D eigenvalue weighted by Crippen LogP contribution is -2.26. The number of benzene rings is 3. The maximum Gasteiger partial charge on any atom is 0.0978 e. The lowest BCUT2D eigenvalue weighted by Gasteiger charge is -2.13. The molecule has 1 aliphatic heterocycles. The second kappa shape index (κ2) is 6.34. The minimum Gasteiger partial charge on any atom is -0.277 e. The van der Waals surface area contributed by atoms with Crippen molar-refractivity contribution in [1.82, 2.24) is 16.2 Å². The highest BCUT2D eigenvalue weighted by molar-refractivity contribution is 5.63. The average molecular weight is 301 g/mol. The number of nitrogens with one attached hydrogen (secondary N) is 3. The standard InChI is InChI=1S/C20H19N3/c1-3-7-15(8-4-1)16-11-13-18(14-12-16)20-21-19(22-23-20)17-9-5-2-6-10-17/h1-14,19-23H/t19?,20-/m1/s1. The fourth-order valence-corrected chi connectivity index (χ4v) is 2.92. The van der Waals surface area contributed by atoms with E-state index < -0.39 is 0 Å². The Balaban J connectivity index is 1.49. The van der Waals surface area contributed by atoms with Crippen LogP contribution in [0.25, 0.3) is 11.1 Å². The number of hydrazine groups is 1. The number of rotatable bonds is 3. The molecule has 3 N–H and O–H groups in total. The van der Waals surface area contributed by atoms with Crippen LogP contribution in [0.1, 0.15) is 23.5 Å². The lowest BCUT2D eigenvalue weighted by molar-refractivity contribution is 0.554. The predicted octanol–water partition coefficient (Wildman–Crippen LogP) is 3.75. The molecule has 114 valence electrons. The van der Waals surface area contributed by atoms with Gasteiger partial charge in [-0.05, 0) is 22.3 Å². The maximum absolute atomic E-state index is 3.56. The van der Waals surface area contributed by atoms with Crippen LogP contribution in [0.4, 0.5) is 0 Å². The molecule has 0 bridgehead atoms. The second-order valence-corrected chi connectivity index (χ2v) is 5.72. The zero-order chi connectivity index (χ0) is 15.5. The maximum atomic E-state index is 3.56. The fraction of sp³-hybridized carbons (Fsp3) is 0.100. The van der Waals surface area contributed by atoms with Crippen LogP contribution in [-0.2, 0) is 0 Å². The molecule has 3 heteroatoms. The molecule has 3 nitrogen and oxygen atoms in total. The van der Waals surface area contributed by atoms with Crippen LogP contribution in [0.2, 0.25) is 0 Å². The van der Waals surface area contributed by atoms with Gasteiger partial charge in [0.25, 0.3) is 0 Å². The zero-order valence-electron chi connectivity index (χ0n) is 12.7. The van der Waals surface area contributed by atoms with Gasteiger partial charge in [-0.15, -0.1) is 0 Å². The first-order valence-electron chi connectivity index (χ1n) is 7.87. The number of hydrogen-bond acceptors (Lipinski definition) is 3. The van der Waals surface area contributed by atoms with Gasteiger partial charge in [-0.2, -0.15) is 0 Å². The quantitative estimate of drug-likeness (QED) is 0.689. The van der Waals surface area contributed by atoms with Crippen molar-refractivity contribution in [3.8, 4) is 11.1 Å². The third kappa shape index (κ3) is 3.03. The molecule has 1 unspecified atom stereocenters. The van der Waals surface area contributed by atoms with E-state index >= 15 is 0 Å². The Morgan fingerprint density at radius 3 is 1.57 bits per heavy atom. The summed E-state index contributed by atoms with van der Waals surface area (Å²) in [6.07, 6.45) is 0.222. The van der Waals surface area contributed by atoms with E-state index in [-0.39, 0.29) is 12.3 Å². The van der Waals surface area contributed by atoms with E-state index in [0.29, 0.717) is 0 Å². The highest BCUT2D eigenvalue weighted by Gasteiger charge is 2.24. The summed E-state index contributed by atoms with van der Waals surface area (Å²) < 4.78 is 0. The summed E-state index contributed by atoms with van der Waals surface area (Å²) in [7, 11) is 0. The van der Waals surface area contributed by atoms with Crippen LogP contribution in [0.3, 0.4) is 0 Å². The van der Waals surface area contributed by atoms with Crippen LogP contribution in [-0.4, -0.2) is 0 Å². The van der Waals surface area contributed by atoms with E-state index in [2.05, 4.69) is 89.0 Å². The molecule has 2 atom stereocenters. The summed E-state index contributed by atoms with van der Waals surface area (Å²) in [5, 5.41) is 3.56. The van der Waals surface area contributed by atoms with E-state index in [1.807, 2.05) is 12.1 Å². The van der Waals surface area contributed by atoms with Crippen LogP contribution >= 0.6 is 0 Å². The highest BCUT2D eigenvalue weighted by Crippen LogP contribution is 2.24. The van der Waals surface area contributed by atoms with Crippen molar-refractivity contribution in [1.29, 1.82) is 0 Å². The fourth-order valence-electron chi connectivity index (χ4n) is 2.92. The Kier molecular flexibility index (Phi) is 3.90. The first kappa shape index (κ1) is 14.2. The summed E-state index contributed by atoms with van der Waals surface area (Å²) in [6, 6.07) is 29.5. The molecule has 0 aromatic heterocycles. The molecule has 0 amide bonds. The van der Waals surface area contributed by atoms with E-state index in [4.69, 9.17) is 0 Å². The van der Waals surface area contributed by atoms with Gasteiger partial charge < -0.3 is 0 Å². The molecule has 1 fully saturated rings. The average Bonchev–Trinajstić information content (AvgIpc) is 3.14. The van der Waals surface area contributed by atoms with Gasteiger partial charge >= 0.3 is 0 Å². The molecule has 23 heavy (non-hydrogen) atoms. The van der Waals surface area contributed by atoms with Gasteiger partial charge in [0.05, 0.1) is 12.3 Å². The first-order valence-corrected chi connectivity index (χ1v) is 7.87. The smallest absolute Gasteiger partial charge is 0.0978 e. The summed E-state index contributed by atoms with van der Waals surface area (Å²) in [5.41, 5.74) is 11.5. The van der Waals surface area contributed by atoms with Crippen molar-refractivity contribution < 1.29 is 0 Å². The zero-order valence-corrected chi connectivity index (χ0v) is 12.7. The third-order valence-corrected chi connectivity index (χ3v) is 4.19. The Hall–Kier alpha value is -2.46. The SMILES string of the molecule is c1ccc(-c2ccc([C@H]3NNC(c4ccccc4)N3)cc2)cc1. The van der Waals surface area contributed by atoms with Gasteiger partial charge in [0.15, 0.2) is 0 Å². The highest BCUT2D eigenvalue weighted by atomic mass is 15.5. The van der Waals surface area contributed by atoms with Crippen molar-refractivity contribution in [3.63, 3.8) is 0 Å². The molecule has 1 saturated heterocycles. The monoisotopic (exact) mass is 301 g/mol. The first-order chi connectivity index (χ1) is 11.4. The number of hydrogen-bond donors (Lipinski definition) is 3. The molecule has 1 heterocycles. The van der Waals surface area contributed by atoms with Gasteiger partial charge in [-0.25, -0.2) is 10.9 Å². The van der Waals surface area contributed by atoms with Gasteiger partial charge in [0, 0.05) is 0 Å². The van der Waals surface area contributed by atoms with Crippen molar-refractivity contribution in [2.75, 3.05) is 0 Å². The molecule has 0 spiro atoms. The van der Waals surface area contributed by atoms with Crippen molar-refractivity contribution in [3.05, 3.63) is 96.1 Å². The topological polar surface area (TPSA) is 36.1 Å². The molecule has 4 rings (SSSR count). The lowest BCUT2D eigenvalue weighted by atomic mass is 10.0. The normalized spacial score (nSPS) is 20.5. The third-order valence-electron chi connectivity index (χ3n) is 4.19. The van der Waals surface area contributed by atoms with E-state index in [1.54, 1.807) is 0 Å². The molecule has 3 aromatic carbocycles. The minimum atomic E-state index is 0.102. The minimum absolute atomic E-state index is 0.102. The molecular formula is C20H19N3. The van der Waals surface area contributed by atoms with Crippen molar-refractivity contribution in [2.45, 2.75) is 12.3 Å². The van der Waals surface area contributed by atoms with Crippen molar-refractivity contribution in [2.24, 2.45) is 0 Å². The predicted molar refractivity (Wildman–Crippen MR) is 93.2 cm³/mol. The van der Waals surface area contributed by atoms with Gasteiger partial charge in [0.1, 0.15) is 0 Å². The van der Waals surface area contributed by atoms with Crippen LogP contribution in [0, 0.1) is 0 Å². The van der Waals surface area contributed by atoms with Gasteiger partial charge in [-0.3, -0.25) is 5.32 Å². The summed E-state index contributed by atoms with van der Waals surface area (Å²) in [6.45, 7) is 0. The van der Waals surface area contributed by atoms with E-state index in [0.717, 1.165) is 0 Å². The second-order valence-electron chi connectivity index (χ2n) is 5.72. The Labute approximate surface area is 136 Å². The molecular weight excluding hydrogens is 282 g/mol. The van der Waals surface area contributed by atoms with E-state index in [1.165, 1.54) is 22.3 Å². The molecule has 0 saturated carbocycles. The summed E-state index contributed by atoms with van der Waals surface area (Å²) >= 11 is 0. The van der Waals surface area contributed by atoms with Crippen LogP contribution < -0.4 is 16.2 Å². The summed E-state index contributed by atoms with van der Waals surface area (Å²) in [4.78, 5) is 0. The Morgan fingerprint density at radius 1 is 0.478 bits per heavy atom. The van der Waals surface area contributed by atoms with Crippen LogP contribution in [0.15, 0.2) is 84.9 Å².